The fourth-order valence-electron chi connectivity index (χ4n) is 3.22. The maximum absolute atomic E-state index is 12.8. The molecule has 30 heavy (non-hydrogen) atoms. The van der Waals surface area contributed by atoms with Crippen LogP contribution in [0.3, 0.4) is 0 Å². The summed E-state index contributed by atoms with van der Waals surface area (Å²) in [5, 5.41) is 3.04. The molecule has 0 aromatic heterocycles. The number of benzene rings is 2. The first kappa shape index (κ1) is 23.6. The minimum atomic E-state index is -0.610. The summed E-state index contributed by atoms with van der Waals surface area (Å²) in [4.78, 5) is 12.8. The lowest BCUT2D eigenvalue weighted by atomic mass is 10.0. The van der Waals surface area contributed by atoms with Gasteiger partial charge in [0, 0.05) is 0 Å². The van der Waals surface area contributed by atoms with Crippen LogP contribution in [0.5, 0.6) is 17.2 Å². The van der Waals surface area contributed by atoms with E-state index in [1.54, 1.807) is 6.92 Å². The summed E-state index contributed by atoms with van der Waals surface area (Å²) in [7, 11) is 0. The third-order valence-electron chi connectivity index (χ3n) is 4.89. The van der Waals surface area contributed by atoms with E-state index in [-0.39, 0.29) is 11.9 Å². The van der Waals surface area contributed by atoms with Gasteiger partial charge in [-0.3, -0.25) is 4.79 Å². The minimum Gasteiger partial charge on any atom is -0.490 e. The van der Waals surface area contributed by atoms with Gasteiger partial charge >= 0.3 is 0 Å². The molecule has 0 spiro atoms. The van der Waals surface area contributed by atoms with Crippen molar-refractivity contribution in [3.8, 4) is 17.2 Å². The summed E-state index contributed by atoms with van der Waals surface area (Å²) in [6.07, 6.45) is -0.610. The molecule has 0 fully saturated rings. The van der Waals surface area contributed by atoms with Crippen LogP contribution in [0.1, 0.15) is 70.2 Å². The number of carbonyl (C=O) groups is 1. The molecule has 1 N–H and O–H groups in total. The molecular formula is C25H35NO4. The summed E-state index contributed by atoms with van der Waals surface area (Å²) in [5.74, 6) is 2.31. The van der Waals surface area contributed by atoms with Gasteiger partial charge in [-0.1, -0.05) is 32.0 Å². The minimum absolute atomic E-state index is 0.162. The fraction of sp³-hybridized carbons (Fsp3) is 0.480. The number of amides is 1. The molecule has 164 valence electrons. The van der Waals surface area contributed by atoms with Gasteiger partial charge in [0.15, 0.2) is 17.6 Å². The average molecular weight is 414 g/mol. The van der Waals surface area contributed by atoms with E-state index >= 15 is 0 Å². The van der Waals surface area contributed by atoms with Crippen molar-refractivity contribution in [2.45, 2.75) is 66.5 Å². The third kappa shape index (κ3) is 6.15. The van der Waals surface area contributed by atoms with Crippen LogP contribution in [0.15, 0.2) is 36.4 Å². The van der Waals surface area contributed by atoms with Gasteiger partial charge in [-0.2, -0.15) is 0 Å². The second kappa shape index (κ2) is 10.9. The molecule has 0 saturated carbocycles. The van der Waals surface area contributed by atoms with Crippen molar-refractivity contribution < 1.29 is 19.0 Å². The van der Waals surface area contributed by atoms with Crippen molar-refractivity contribution in [3.05, 3.63) is 53.1 Å². The molecule has 0 aliphatic carbocycles. The zero-order valence-electron chi connectivity index (χ0n) is 19.2. The van der Waals surface area contributed by atoms with E-state index in [0.717, 1.165) is 22.4 Å². The van der Waals surface area contributed by atoms with Crippen LogP contribution in [-0.4, -0.2) is 25.2 Å². The SMILES string of the molecule is CCOc1ccc([C@H](C)NC(=O)[C@@H](C)Oc2cc(C)ccc2C(C)C)cc1OCC. The Balaban J connectivity index is 2.10. The number of hydrogen-bond acceptors (Lipinski definition) is 4. The van der Waals surface area contributed by atoms with Gasteiger partial charge in [0.2, 0.25) is 0 Å². The van der Waals surface area contributed by atoms with E-state index < -0.39 is 6.10 Å². The molecule has 1 amide bonds. The molecule has 2 aromatic rings. The molecule has 0 radical (unpaired) electrons. The van der Waals surface area contributed by atoms with Crippen molar-refractivity contribution in [1.82, 2.24) is 5.32 Å². The van der Waals surface area contributed by atoms with Crippen molar-refractivity contribution >= 4 is 5.91 Å². The second-order valence-corrected chi connectivity index (χ2v) is 7.76. The Kier molecular flexibility index (Phi) is 8.58. The maximum atomic E-state index is 12.8. The number of ether oxygens (including phenoxy) is 3. The van der Waals surface area contributed by atoms with E-state index in [2.05, 4.69) is 31.3 Å². The normalized spacial score (nSPS) is 12.9. The summed E-state index contributed by atoms with van der Waals surface area (Å²) in [5.41, 5.74) is 3.15. The molecular weight excluding hydrogens is 378 g/mol. The molecule has 5 nitrogen and oxygen atoms in total. The summed E-state index contributed by atoms with van der Waals surface area (Å²) >= 11 is 0. The molecule has 0 aliphatic rings. The lowest BCUT2D eigenvalue weighted by Gasteiger charge is -2.22. The van der Waals surface area contributed by atoms with Crippen molar-refractivity contribution in [1.29, 1.82) is 0 Å². The second-order valence-electron chi connectivity index (χ2n) is 7.76. The highest BCUT2D eigenvalue weighted by Gasteiger charge is 2.20. The van der Waals surface area contributed by atoms with E-state index in [0.29, 0.717) is 30.6 Å². The molecule has 2 rings (SSSR count). The monoisotopic (exact) mass is 413 g/mol. The zero-order chi connectivity index (χ0) is 22.3. The van der Waals surface area contributed by atoms with Gasteiger partial charge in [-0.05, 0) is 75.4 Å². The van der Waals surface area contributed by atoms with E-state index in [9.17, 15) is 4.79 Å². The van der Waals surface area contributed by atoms with Gasteiger partial charge in [-0.15, -0.1) is 0 Å². The Morgan fingerprint density at radius 3 is 2.20 bits per heavy atom. The highest BCUT2D eigenvalue weighted by Crippen LogP contribution is 2.31. The van der Waals surface area contributed by atoms with Gasteiger partial charge in [0.1, 0.15) is 5.75 Å². The van der Waals surface area contributed by atoms with Gasteiger partial charge in [-0.25, -0.2) is 0 Å². The summed E-state index contributed by atoms with van der Waals surface area (Å²) < 4.78 is 17.4. The fourth-order valence-corrected chi connectivity index (χ4v) is 3.22. The smallest absolute Gasteiger partial charge is 0.261 e. The summed E-state index contributed by atoms with van der Waals surface area (Å²) in [6.45, 7) is 15.0. The highest BCUT2D eigenvalue weighted by atomic mass is 16.5. The average Bonchev–Trinajstić information content (AvgIpc) is 2.69. The number of rotatable bonds is 10. The predicted octanol–water partition coefficient (Wildman–Crippen LogP) is 5.56. The lowest BCUT2D eigenvalue weighted by Crippen LogP contribution is -2.38. The molecule has 0 aliphatic heterocycles. The van der Waals surface area contributed by atoms with Crippen LogP contribution in [0.4, 0.5) is 0 Å². The Morgan fingerprint density at radius 1 is 0.900 bits per heavy atom. The van der Waals surface area contributed by atoms with Crippen LogP contribution in [-0.2, 0) is 4.79 Å². The Bertz CT molecular complexity index is 847. The van der Waals surface area contributed by atoms with Crippen LogP contribution < -0.4 is 19.5 Å². The van der Waals surface area contributed by atoms with Gasteiger partial charge < -0.3 is 19.5 Å². The first-order valence-electron chi connectivity index (χ1n) is 10.7. The Morgan fingerprint density at radius 2 is 1.57 bits per heavy atom. The lowest BCUT2D eigenvalue weighted by molar-refractivity contribution is -0.127. The van der Waals surface area contributed by atoms with Crippen LogP contribution >= 0.6 is 0 Å². The van der Waals surface area contributed by atoms with Crippen molar-refractivity contribution in [3.63, 3.8) is 0 Å². The van der Waals surface area contributed by atoms with Gasteiger partial charge in [0.05, 0.1) is 19.3 Å². The number of carbonyl (C=O) groups excluding carboxylic acids is 1. The standard InChI is InChI=1S/C25H35NO4/c1-8-28-22-13-11-20(15-24(22)29-9-2)18(6)26-25(27)19(7)30-23-14-17(5)10-12-21(23)16(3)4/h10-16,18-19H,8-9H2,1-7H3,(H,26,27)/t18-,19+/m0/s1. The topological polar surface area (TPSA) is 56.8 Å². The van der Waals surface area contributed by atoms with E-state index in [1.165, 1.54) is 0 Å². The molecule has 2 atom stereocenters. The Hall–Kier alpha value is -2.69. The van der Waals surface area contributed by atoms with Crippen LogP contribution in [0.25, 0.3) is 0 Å². The van der Waals surface area contributed by atoms with E-state index in [1.807, 2.05) is 52.0 Å². The van der Waals surface area contributed by atoms with Gasteiger partial charge in [0.25, 0.3) is 5.91 Å². The van der Waals surface area contributed by atoms with E-state index in [4.69, 9.17) is 14.2 Å². The highest BCUT2D eigenvalue weighted by molar-refractivity contribution is 5.81. The third-order valence-corrected chi connectivity index (χ3v) is 4.89. The quantitative estimate of drug-likeness (QED) is 0.554. The number of nitrogens with one attached hydrogen (secondary N) is 1. The molecule has 0 unspecified atom stereocenters. The Labute approximate surface area is 180 Å². The molecule has 5 heteroatoms. The predicted molar refractivity (Wildman–Crippen MR) is 121 cm³/mol. The summed E-state index contributed by atoms with van der Waals surface area (Å²) in [6, 6.07) is 11.7. The number of aryl methyl sites for hydroxylation is 1. The van der Waals surface area contributed by atoms with Crippen molar-refractivity contribution in [2.24, 2.45) is 0 Å². The van der Waals surface area contributed by atoms with Crippen LogP contribution in [0, 0.1) is 6.92 Å². The number of hydrogen-bond donors (Lipinski definition) is 1. The van der Waals surface area contributed by atoms with Crippen molar-refractivity contribution in [2.75, 3.05) is 13.2 Å². The first-order chi connectivity index (χ1) is 14.3. The molecule has 0 saturated heterocycles. The molecule has 2 aromatic carbocycles. The maximum Gasteiger partial charge on any atom is 0.261 e. The van der Waals surface area contributed by atoms with Crippen LogP contribution in [0.2, 0.25) is 0 Å². The zero-order valence-corrected chi connectivity index (χ0v) is 19.2. The first-order valence-corrected chi connectivity index (χ1v) is 10.7. The molecule has 0 bridgehead atoms. The largest absolute Gasteiger partial charge is 0.490 e. The molecule has 0 heterocycles.